The van der Waals surface area contributed by atoms with Crippen molar-refractivity contribution in [2.75, 3.05) is 5.32 Å². The van der Waals surface area contributed by atoms with E-state index in [0.29, 0.717) is 16.4 Å². The maximum atomic E-state index is 12.8. The van der Waals surface area contributed by atoms with Crippen LogP contribution in [0.15, 0.2) is 41.9 Å². The van der Waals surface area contributed by atoms with Gasteiger partial charge >= 0.3 is 0 Å². The number of anilines is 1. The van der Waals surface area contributed by atoms with Gasteiger partial charge in [0.2, 0.25) is 0 Å². The molecule has 0 saturated carbocycles. The van der Waals surface area contributed by atoms with E-state index in [0.717, 1.165) is 22.3 Å². The molecule has 0 spiro atoms. The molecule has 7 heteroatoms. The first-order chi connectivity index (χ1) is 13.4. The summed E-state index contributed by atoms with van der Waals surface area (Å²) in [6.45, 7) is 8.00. The molecule has 28 heavy (non-hydrogen) atoms. The Hall–Kier alpha value is -3.06. The van der Waals surface area contributed by atoms with E-state index in [-0.39, 0.29) is 11.9 Å². The van der Waals surface area contributed by atoms with Crippen LogP contribution in [0.4, 0.5) is 5.13 Å². The van der Waals surface area contributed by atoms with Gasteiger partial charge in [0.1, 0.15) is 0 Å². The average molecular weight is 392 g/mol. The third-order valence-corrected chi connectivity index (χ3v) is 5.32. The fraction of sp³-hybridized carbons (Fsp3) is 0.238. The van der Waals surface area contributed by atoms with Crippen LogP contribution in [0.2, 0.25) is 0 Å². The molecule has 0 fully saturated rings. The van der Waals surface area contributed by atoms with Gasteiger partial charge in [-0.1, -0.05) is 29.8 Å². The number of rotatable bonds is 4. The molecule has 0 aliphatic carbocycles. The molecule has 0 unspecified atom stereocenters. The molecule has 1 amide bonds. The van der Waals surface area contributed by atoms with E-state index in [1.165, 1.54) is 16.9 Å². The second kappa shape index (κ2) is 7.16. The van der Waals surface area contributed by atoms with Crippen molar-refractivity contribution in [3.63, 3.8) is 0 Å². The number of pyridine rings is 1. The number of amides is 1. The predicted molar refractivity (Wildman–Crippen MR) is 113 cm³/mol. The van der Waals surface area contributed by atoms with Gasteiger partial charge in [0.25, 0.3) is 5.91 Å². The smallest absolute Gasteiger partial charge is 0.259 e. The summed E-state index contributed by atoms with van der Waals surface area (Å²) in [5.41, 5.74) is 5.07. The summed E-state index contributed by atoms with van der Waals surface area (Å²) < 4.78 is 1.86. The van der Waals surface area contributed by atoms with Crippen LogP contribution in [0, 0.1) is 13.8 Å². The summed E-state index contributed by atoms with van der Waals surface area (Å²) in [7, 11) is 0. The van der Waals surface area contributed by atoms with Crippen LogP contribution in [0.25, 0.3) is 22.3 Å². The lowest BCUT2D eigenvalue weighted by molar-refractivity contribution is 0.102. The Kier molecular flexibility index (Phi) is 4.68. The van der Waals surface area contributed by atoms with Gasteiger partial charge in [-0.25, -0.2) is 14.6 Å². The highest BCUT2D eigenvalue weighted by Crippen LogP contribution is 2.26. The molecule has 0 atom stereocenters. The number of carbonyl (C=O) groups excluding carboxylic acids is 1. The van der Waals surface area contributed by atoms with E-state index in [1.807, 2.05) is 35.2 Å². The number of aromatic nitrogens is 4. The fourth-order valence-corrected chi connectivity index (χ4v) is 3.74. The molecular weight excluding hydrogens is 370 g/mol. The van der Waals surface area contributed by atoms with E-state index < -0.39 is 0 Å². The minimum Gasteiger partial charge on any atom is -0.298 e. The van der Waals surface area contributed by atoms with Gasteiger partial charge in [0.05, 0.1) is 23.1 Å². The van der Waals surface area contributed by atoms with Crippen LogP contribution in [0.1, 0.15) is 41.5 Å². The Morgan fingerprint density at radius 1 is 1.14 bits per heavy atom. The van der Waals surface area contributed by atoms with E-state index in [1.54, 1.807) is 6.20 Å². The van der Waals surface area contributed by atoms with Crippen molar-refractivity contribution in [3.05, 3.63) is 58.7 Å². The van der Waals surface area contributed by atoms with Crippen molar-refractivity contribution in [2.45, 2.75) is 33.7 Å². The Bertz CT molecular complexity index is 1160. The minimum absolute atomic E-state index is 0.208. The topological polar surface area (TPSA) is 72.7 Å². The first-order valence-corrected chi connectivity index (χ1v) is 9.99. The van der Waals surface area contributed by atoms with Gasteiger partial charge in [-0.3, -0.25) is 10.1 Å². The largest absolute Gasteiger partial charge is 0.298 e. The molecule has 6 nitrogen and oxygen atoms in total. The third kappa shape index (κ3) is 3.41. The van der Waals surface area contributed by atoms with E-state index in [9.17, 15) is 4.79 Å². The second-order valence-corrected chi connectivity index (χ2v) is 7.93. The number of thiazole rings is 1. The molecule has 0 saturated heterocycles. The molecule has 4 aromatic rings. The normalized spacial score (nSPS) is 11.3. The number of hydrogen-bond acceptors (Lipinski definition) is 5. The summed E-state index contributed by atoms with van der Waals surface area (Å²) in [6.07, 6.45) is 1.75. The number of carbonyl (C=O) groups is 1. The first-order valence-electron chi connectivity index (χ1n) is 9.11. The van der Waals surface area contributed by atoms with Gasteiger partial charge in [0, 0.05) is 22.4 Å². The zero-order valence-corrected chi connectivity index (χ0v) is 17.0. The quantitative estimate of drug-likeness (QED) is 0.531. The molecule has 3 heterocycles. The Labute approximate surface area is 167 Å². The zero-order valence-electron chi connectivity index (χ0n) is 16.2. The number of fused-ring (bicyclic) bond motifs is 1. The first kappa shape index (κ1) is 18.3. The highest BCUT2D eigenvalue weighted by molar-refractivity contribution is 7.14. The van der Waals surface area contributed by atoms with Crippen molar-refractivity contribution in [3.8, 4) is 11.3 Å². The molecule has 1 N–H and O–H groups in total. The Balaban J connectivity index is 1.59. The maximum absolute atomic E-state index is 12.8. The molecular formula is C21H21N5OS. The number of nitrogens with one attached hydrogen (secondary N) is 1. The molecule has 0 aliphatic rings. The van der Waals surface area contributed by atoms with Gasteiger partial charge in [-0.2, -0.15) is 5.10 Å². The van der Waals surface area contributed by atoms with Crippen molar-refractivity contribution in [2.24, 2.45) is 0 Å². The summed E-state index contributed by atoms with van der Waals surface area (Å²) >= 11 is 1.41. The monoisotopic (exact) mass is 391 g/mol. The number of nitrogens with zero attached hydrogens (tertiary/aromatic N) is 4. The van der Waals surface area contributed by atoms with Gasteiger partial charge < -0.3 is 0 Å². The number of aryl methyl sites for hydroxylation is 2. The minimum atomic E-state index is -0.214. The fourth-order valence-electron chi connectivity index (χ4n) is 3.03. The molecule has 3 aromatic heterocycles. The SMILES string of the molecule is Cc1ccc(-c2csc(NC(=O)c3cc4cnn(C(C)C)c4nc3C)n2)cc1. The Morgan fingerprint density at radius 2 is 1.89 bits per heavy atom. The Morgan fingerprint density at radius 3 is 2.61 bits per heavy atom. The van der Waals surface area contributed by atoms with Crippen molar-refractivity contribution in [1.82, 2.24) is 19.7 Å². The highest BCUT2D eigenvalue weighted by atomic mass is 32.1. The second-order valence-electron chi connectivity index (χ2n) is 7.08. The van der Waals surface area contributed by atoms with Gasteiger partial charge in [0.15, 0.2) is 10.8 Å². The summed E-state index contributed by atoms with van der Waals surface area (Å²) in [5.74, 6) is -0.214. The molecule has 0 bridgehead atoms. The zero-order chi connectivity index (χ0) is 19.8. The number of hydrogen-bond donors (Lipinski definition) is 1. The van der Waals surface area contributed by atoms with E-state index in [2.05, 4.69) is 53.3 Å². The summed E-state index contributed by atoms with van der Waals surface area (Å²) in [5, 5.41) is 10.6. The van der Waals surface area contributed by atoms with Crippen LogP contribution in [0.5, 0.6) is 0 Å². The molecule has 0 aliphatic heterocycles. The lowest BCUT2D eigenvalue weighted by Gasteiger charge is -2.09. The highest BCUT2D eigenvalue weighted by Gasteiger charge is 2.16. The van der Waals surface area contributed by atoms with Crippen molar-refractivity contribution >= 4 is 33.4 Å². The van der Waals surface area contributed by atoms with E-state index >= 15 is 0 Å². The lowest BCUT2D eigenvalue weighted by Crippen LogP contribution is -2.14. The summed E-state index contributed by atoms with van der Waals surface area (Å²) in [4.78, 5) is 21.9. The van der Waals surface area contributed by atoms with Crippen LogP contribution >= 0.6 is 11.3 Å². The molecule has 4 rings (SSSR count). The lowest BCUT2D eigenvalue weighted by atomic mass is 10.1. The van der Waals surface area contributed by atoms with Gasteiger partial charge in [-0.15, -0.1) is 11.3 Å². The maximum Gasteiger partial charge on any atom is 0.259 e. The van der Waals surface area contributed by atoms with Crippen molar-refractivity contribution in [1.29, 1.82) is 0 Å². The van der Waals surface area contributed by atoms with Crippen LogP contribution in [-0.4, -0.2) is 25.7 Å². The third-order valence-electron chi connectivity index (χ3n) is 4.57. The van der Waals surface area contributed by atoms with Crippen LogP contribution < -0.4 is 5.32 Å². The van der Waals surface area contributed by atoms with Crippen molar-refractivity contribution < 1.29 is 4.79 Å². The van der Waals surface area contributed by atoms with E-state index in [4.69, 9.17) is 0 Å². The standard InChI is InChI=1S/C21H21N5OS/c1-12(2)26-19-16(10-22-26)9-17(14(4)23-19)20(27)25-21-24-18(11-28-21)15-7-5-13(3)6-8-15/h5-12H,1-4H3,(H,24,25,27). The predicted octanol–water partition coefficient (Wildman–Crippen LogP) is 5.00. The van der Waals surface area contributed by atoms with Crippen LogP contribution in [0.3, 0.4) is 0 Å². The molecule has 142 valence electrons. The summed E-state index contributed by atoms with van der Waals surface area (Å²) in [6, 6.07) is 10.2. The average Bonchev–Trinajstić information content (AvgIpc) is 3.28. The van der Waals surface area contributed by atoms with Crippen LogP contribution in [-0.2, 0) is 0 Å². The van der Waals surface area contributed by atoms with Gasteiger partial charge in [-0.05, 0) is 33.8 Å². The number of benzene rings is 1. The molecule has 0 radical (unpaired) electrons. The molecule has 1 aromatic carbocycles.